The molecule has 178 valence electrons. The van der Waals surface area contributed by atoms with Crippen LogP contribution >= 0.6 is 0 Å². The van der Waals surface area contributed by atoms with Crippen molar-refractivity contribution in [1.29, 1.82) is 0 Å². The van der Waals surface area contributed by atoms with Crippen molar-refractivity contribution in [2.24, 2.45) is 5.73 Å². The van der Waals surface area contributed by atoms with Crippen LogP contribution < -0.4 is 26.8 Å². The third-order valence-corrected chi connectivity index (χ3v) is 5.78. The number of hydrogen-bond acceptors (Lipinski definition) is 8. The number of nitrogens with zero attached hydrogens (tertiary/aromatic N) is 3. The van der Waals surface area contributed by atoms with Gasteiger partial charge in [0.15, 0.2) is 0 Å². The van der Waals surface area contributed by atoms with Gasteiger partial charge in [0, 0.05) is 48.4 Å². The van der Waals surface area contributed by atoms with Crippen molar-refractivity contribution in [3.8, 4) is 0 Å². The first-order chi connectivity index (χ1) is 17.1. The Morgan fingerprint density at radius 2 is 1.74 bits per heavy atom. The number of anilines is 5. The quantitative estimate of drug-likeness (QED) is 0.336. The molecular weight excluding hydrogens is 446 g/mol. The van der Waals surface area contributed by atoms with Gasteiger partial charge in [-0.25, -0.2) is 9.97 Å². The van der Waals surface area contributed by atoms with E-state index in [1.165, 1.54) is 6.33 Å². The number of H-pyrrole nitrogens is 1. The zero-order valence-electron chi connectivity index (χ0n) is 19.0. The van der Waals surface area contributed by atoms with E-state index in [1.807, 2.05) is 24.3 Å². The van der Waals surface area contributed by atoms with Gasteiger partial charge in [-0.1, -0.05) is 0 Å². The molecule has 5 rings (SSSR count). The summed E-state index contributed by atoms with van der Waals surface area (Å²) < 4.78 is 5.54. The van der Waals surface area contributed by atoms with Crippen molar-refractivity contribution >= 4 is 45.5 Å². The van der Waals surface area contributed by atoms with Gasteiger partial charge in [-0.05, 0) is 55.0 Å². The lowest BCUT2D eigenvalue weighted by molar-refractivity contribution is 0.100. The van der Waals surface area contributed by atoms with E-state index in [2.05, 4.69) is 30.5 Å². The number of fused-ring (bicyclic) bond motifs is 1. The number of nitrogens with one attached hydrogen (secondary N) is 3. The van der Waals surface area contributed by atoms with Gasteiger partial charge in [-0.15, -0.1) is 0 Å². The number of primary amides is 1. The number of ether oxygens (including phenoxy) is 1. The van der Waals surface area contributed by atoms with Gasteiger partial charge < -0.3 is 31.0 Å². The number of rotatable bonds is 6. The van der Waals surface area contributed by atoms with Crippen LogP contribution in [0.5, 0.6) is 0 Å². The third-order valence-electron chi connectivity index (χ3n) is 5.78. The van der Waals surface area contributed by atoms with Gasteiger partial charge in [-0.2, -0.15) is 0 Å². The lowest BCUT2D eigenvalue weighted by atomic mass is 10.2. The van der Waals surface area contributed by atoms with Crippen molar-refractivity contribution < 1.29 is 9.53 Å². The van der Waals surface area contributed by atoms with Crippen LogP contribution in [0.15, 0.2) is 65.7 Å². The molecule has 0 atom stereocenters. The summed E-state index contributed by atoms with van der Waals surface area (Å²) in [6.07, 6.45) is 2.36. The molecule has 0 aliphatic carbocycles. The average Bonchev–Trinajstić information content (AvgIpc) is 3.15. The Morgan fingerprint density at radius 3 is 2.51 bits per heavy atom. The lowest BCUT2D eigenvalue weighted by Gasteiger charge is -2.22. The highest BCUT2D eigenvalue weighted by Crippen LogP contribution is 2.27. The maximum Gasteiger partial charge on any atom is 0.262 e. The number of nitrogens with two attached hydrogens (primary N) is 1. The molecular formula is C25H25N7O3. The number of carbonyl (C=O) groups is 1. The second-order valence-electron chi connectivity index (χ2n) is 8.17. The number of carbonyl (C=O) groups excluding carboxylic acids is 1. The summed E-state index contributed by atoms with van der Waals surface area (Å²) in [7, 11) is 0. The van der Waals surface area contributed by atoms with E-state index in [4.69, 9.17) is 10.5 Å². The standard InChI is InChI=1S/C25H25N7O3/c26-23(33)16-2-4-17(5-3-16)29-21-14-20-22(25(34)28-15-27-20)24(31-21)30-18-6-8-19(9-7-18)32-10-1-12-35-13-11-32/h2-9,14-15H,1,10-13H2,(H2,26,33)(H,27,28,34)(H2,29,30,31). The van der Waals surface area contributed by atoms with Gasteiger partial charge in [0.2, 0.25) is 5.91 Å². The van der Waals surface area contributed by atoms with Crippen molar-refractivity contribution in [2.75, 3.05) is 41.8 Å². The van der Waals surface area contributed by atoms with E-state index in [9.17, 15) is 9.59 Å². The van der Waals surface area contributed by atoms with Gasteiger partial charge in [0.25, 0.3) is 5.56 Å². The number of aromatic nitrogens is 3. The molecule has 3 heterocycles. The molecule has 0 bridgehead atoms. The summed E-state index contributed by atoms with van der Waals surface area (Å²) in [5.74, 6) is 0.376. The van der Waals surface area contributed by atoms with Crippen LogP contribution in [0.3, 0.4) is 0 Å². The molecule has 10 nitrogen and oxygen atoms in total. The van der Waals surface area contributed by atoms with Crippen LogP contribution in [0, 0.1) is 0 Å². The highest BCUT2D eigenvalue weighted by Gasteiger charge is 2.13. The Bertz CT molecular complexity index is 1390. The third kappa shape index (κ3) is 5.07. The van der Waals surface area contributed by atoms with Crippen molar-refractivity contribution in [3.63, 3.8) is 0 Å². The number of hydrogen-bond donors (Lipinski definition) is 4. The van der Waals surface area contributed by atoms with Gasteiger partial charge in [0.05, 0.1) is 18.5 Å². The zero-order valence-corrected chi connectivity index (χ0v) is 19.0. The topological polar surface area (TPSA) is 138 Å². The summed E-state index contributed by atoms with van der Waals surface area (Å²) in [5.41, 5.74) is 8.55. The lowest BCUT2D eigenvalue weighted by Crippen LogP contribution is -2.25. The van der Waals surface area contributed by atoms with E-state index in [-0.39, 0.29) is 5.56 Å². The molecule has 10 heteroatoms. The summed E-state index contributed by atoms with van der Waals surface area (Å²) in [5, 5.41) is 6.81. The van der Waals surface area contributed by atoms with Crippen molar-refractivity contribution in [1.82, 2.24) is 15.0 Å². The molecule has 4 aromatic rings. The molecule has 1 saturated heterocycles. The molecule has 1 aliphatic heterocycles. The summed E-state index contributed by atoms with van der Waals surface area (Å²) in [6.45, 7) is 3.32. The molecule has 0 saturated carbocycles. The Kier molecular flexibility index (Phi) is 6.27. The highest BCUT2D eigenvalue weighted by molar-refractivity contribution is 5.94. The molecule has 2 aromatic heterocycles. The summed E-state index contributed by atoms with van der Waals surface area (Å²) >= 11 is 0. The second kappa shape index (κ2) is 9.82. The fraction of sp³-hybridized carbons (Fsp3) is 0.200. The average molecular weight is 472 g/mol. The SMILES string of the molecule is NC(=O)c1ccc(Nc2cc3nc[nH]c(=O)c3c(Nc3ccc(N4CCCOCC4)cc3)n2)cc1. The Labute approximate surface area is 201 Å². The predicted molar refractivity (Wildman–Crippen MR) is 136 cm³/mol. The molecule has 5 N–H and O–H groups in total. The molecule has 35 heavy (non-hydrogen) atoms. The highest BCUT2D eigenvalue weighted by atomic mass is 16.5. The fourth-order valence-electron chi connectivity index (χ4n) is 4.01. The van der Waals surface area contributed by atoms with Crippen LogP contribution in [-0.4, -0.2) is 47.2 Å². The predicted octanol–water partition coefficient (Wildman–Crippen LogP) is 3.13. The van der Waals surface area contributed by atoms with Crippen LogP contribution in [0.25, 0.3) is 10.9 Å². The smallest absolute Gasteiger partial charge is 0.262 e. The maximum atomic E-state index is 12.6. The fourth-order valence-corrected chi connectivity index (χ4v) is 4.01. The first kappa shape index (κ1) is 22.4. The molecule has 2 aromatic carbocycles. The Morgan fingerprint density at radius 1 is 1.00 bits per heavy atom. The van der Waals surface area contributed by atoms with Crippen molar-refractivity contribution in [2.45, 2.75) is 6.42 Å². The Balaban J connectivity index is 1.43. The largest absolute Gasteiger partial charge is 0.380 e. The number of aromatic amines is 1. The first-order valence-corrected chi connectivity index (χ1v) is 11.3. The molecule has 1 aliphatic rings. The van der Waals surface area contributed by atoms with E-state index < -0.39 is 5.91 Å². The van der Waals surface area contributed by atoms with E-state index in [0.29, 0.717) is 33.8 Å². The van der Waals surface area contributed by atoms with Crippen molar-refractivity contribution in [3.05, 3.63) is 76.8 Å². The van der Waals surface area contributed by atoms with Gasteiger partial charge >= 0.3 is 0 Å². The molecule has 1 fully saturated rings. The van der Waals surface area contributed by atoms with Crippen LogP contribution in [0.1, 0.15) is 16.8 Å². The minimum Gasteiger partial charge on any atom is -0.380 e. The number of pyridine rings is 1. The van der Waals surface area contributed by atoms with Gasteiger partial charge in [0.1, 0.15) is 17.0 Å². The van der Waals surface area contributed by atoms with Gasteiger partial charge in [-0.3, -0.25) is 9.59 Å². The van der Waals surface area contributed by atoms with Crippen LogP contribution in [0.2, 0.25) is 0 Å². The van der Waals surface area contributed by atoms with E-state index in [0.717, 1.165) is 44.1 Å². The summed E-state index contributed by atoms with van der Waals surface area (Å²) in [4.78, 5) is 37.8. The molecule has 0 spiro atoms. The monoisotopic (exact) mass is 471 g/mol. The Hall–Kier alpha value is -4.44. The van der Waals surface area contributed by atoms with E-state index in [1.54, 1.807) is 30.3 Å². The van der Waals surface area contributed by atoms with Crippen LogP contribution in [0.4, 0.5) is 28.7 Å². The second-order valence-corrected chi connectivity index (χ2v) is 8.17. The minimum atomic E-state index is -0.495. The molecule has 0 unspecified atom stereocenters. The normalized spacial score (nSPS) is 13.9. The van der Waals surface area contributed by atoms with E-state index >= 15 is 0 Å². The molecule has 0 radical (unpaired) electrons. The maximum absolute atomic E-state index is 12.6. The number of benzene rings is 2. The first-order valence-electron chi connectivity index (χ1n) is 11.3. The molecule has 1 amide bonds. The minimum absolute atomic E-state index is 0.288. The summed E-state index contributed by atoms with van der Waals surface area (Å²) in [6, 6.07) is 16.4. The zero-order chi connectivity index (χ0) is 24.2. The van der Waals surface area contributed by atoms with Crippen LogP contribution in [-0.2, 0) is 4.74 Å². The number of amides is 1.